The Balaban J connectivity index is 3.00. The Hall–Kier alpha value is -1.05. The van der Waals surface area contributed by atoms with E-state index in [-0.39, 0.29) is 11.3 Å². The Morgan fingerprint density at radius 1 is 1.60 bits per heavy atom. The van der Waals surface area contributed by atoms with Gasteiger partial charge in [-0.3, -0.25) is 0 Å². The number of carboxylic acid groups (broad SMARTS) is 1. The van der Waals surface area contributed by atoms with Crippen LogP contribution >= 0.6 is 0 Å². The quantitative estimate of drug-likeness (QED) is 0.558. The zero-order valence-corrected chi connectivity index (χ0v) is 10.0. The molecule has 1 aliphatic carbocycles. The maximum Gasteiger partial charge on any atom is 0.330 e. The van der Waals surface area contributed by atoms with Crippen molar-refractivity contribution < 1.29 is 9.90 Å². The van der Waals surface area contributed by atoms with Crippen LogP contribution in [0.4, 0.5) is 0 Å². The summed E-state index contributed by atoms with van der Waals surface area (Å²) in [5.74, 6) is -0.550. The van der Waals surface area contributed by atoms with E-state index < -0.39 is 5.97 Å². The molecule has 1 rings (SSSR count). The summed E-state index contributed by atoms with van der Waals surface area (Å²) < 4.78 is 0. The second kappa shape index (κ2) is 4.21. The molecule has 0 aromatic heterocycles. The van der Waals surface area contributed by atoms with Gasteiger partial charge in [0.05, 0.1) is 0 Å². The first-order valence-corrected chi connectivity index (χ1v) is 5.43. The Morgan fingerprint density at radius 3 is 2.67 bits per heavy atom. The molecule has 84 valence electrons. The van der Waals surface area contributed by atoms with Gasteiger partial charge in [0.2, 0.25) is 0 Å². The van der Waals surface area contributed by atoms with Crippen LogP contribution in [-0.4, -0.2) is 11.1 Å². The van der Waals surface area contributed by atoms with Crippen LogP contribution in [0.1, 0.15) is 40.5 Å². The predicted molar refractivity (Wildman–Crippen MR) is 61.7 cm³/mol. The molecule has 0 spiro atoms. The molecular weight excluding hydrogens is 188 g/mol. The monoisotopic (exact) mass is 208 g/mol. The van der Waals surface area contributed by atoms with Crippen LogP contribution in [0.25, 0.3) is 0 Å². The van der Waals surface area contributed by atoms with Crippen LogP contribution in [0, 0.1) is 11.3 Å². The molecule has 1 unspecified atom stereocenters. The van der Waals surface area contributed by atoms with Crippen LogP contribution in [0.5, 0.6) is 0 Å². The molecule has 2 heteroatoms. The van der Waals surface area contributed by atoms with Crippen LogP contribution in [0.2, 0.25) is 0 Å². The molecule has 0 bridgehead atoms. The molecule has 0 heterocycles. The molecule has 1 aliphatic rings. The third-order valence-corrected chi connectivity index (χ3v) is 3.34. The highest BCUT2D eigenvalue weighted by molar-refractivity contribution is 5.85. The largest absolute Gasteiger partial charge is 0.478 e. The SMILES string of the molecule is CC1=CCCC(C)(C)C1/C=C(\C)C(=O)O. The molecular formula is C13H20O2. The summed E-state index contributed by atoms with van der Waals surface area (Å²) in [5.41, 5.74) is 1.92. The van der Waals surface area contributed by atoms with Gasteiger partial charge in [-0.2, -0.15) is 0 Å². The summed E-state index contributed by atoms with van der Waals surface area (Å²) in [4.78, 5) is 10.8. The maximum atomic E-state index is 10.8. The summed E-state index contributed by atoms with van der Waals surface area (Å²) in [6.45, 7) is 8.18. The number of rotatable bonds is 2. The van der Waals surface area contributed by atoms with Crippen LogP contribution < -0.4 is 0 Å². The molecule has 0 radical (unpaired) electrons. The Bertz CT molecular complexity index is 321. The molecule has 0 amide bonds. The van der Waals surface area contributed by atoms with Crippen molar-refractivity contribution in [1.29, 1.82) is 0 Å². The van der Waals surface area contributed by atoms with Gasteiger partial charge in [0.15, 0.2) is 0 Å². The van der Waals surface area contributed by atoms with Crippen molar-refractivity contribution in [2.24, 2.45) is 11.3 Å². The average Bonchev–Trinajstić information content (AvgIpc) is 2.10. The first-order chi connectivity index (χ1) is 6.84. The maximum absolute atomic E-state index is 10.8. The summed E-state index contributed by atoms with van der Waals surface area (Å²) in [6.07, 6.45) is 6.35. The lowest BCUT2D eigenvalue weighted by Crippen LogP contribution is -2.27. The van der Waals surface area contributed by atoms with Gasteiger partial charge in [-0.15, -0.1) is 0 Å². The van der Waals surface area contributed by atoms with Gasteiger partial charge in [-0.05, 0) is 32.1 Å². The van der Waals surface area contributed by atoms with E-state index in [9.17, 15) is 4.79 Å². The van der Waals surface area contributed by atoms with Crippen molar-refractivity contribution in [2.75, 3.05) is 0 Å². The predicted octanol–water partition coefficient (Wildman–Crippen LogP) is 3.40. The smallest absolute Gasteiger partial charge is 0.330 e. The van der Waals surface area contributed by atoms with Crippen molar-refractivity contribution in [3.8, 4) is 0 Å². The number of hydrogen-bond donors (Lipinski definition) is 1. The summed E-state index contributed by atoms with van der Waals surface area (Å²) >= 11 is 0. The molecule has 0 saturated heterocycles. The summed E-state index contributed by atoms with van der Waals surface area (Å²) in [7, 11) is 0. The topological polar surface area (TPSA) is 37.3 Å². The van der Waals surface area contributed by atoms with E-state index in [2.05, 4.69) is 26.8 Å². The number of carboxylic acids is 1. The van der Waals surface area contributed by atoms with Gasteiger partial charge in [-0.25, -0.2) is 4.79 Å². The fraction of sp³-hybridized carbons (Fsp3) is 0.615. The van der Waals surface area contributed by atoms with Crippen LogP contribution in [0.3, 0.4) is 0 Å². The Morgan fingerprint density at radius 2 is 2.20 bits per heavy atom. The van der Waals surface area contributed by atoms with E-state index in [1.807, 2.05) is 6.08 Å². The van der Waals surface area contributed by atoms with E-state index in [0.717, 1.165) is 12.8 Å². The minimum absolute atomic E-state index is 0.176. The normalized spacial score (nSPS) is 26.0. The van der Waals surface area contributed by atoms with Crippen molar-refractivity contribution in [2.45, 2.75) is 40.5 Å². The Labute approximate surface area is 91.7 Å². The molecule has 0 fully saturated rings. The van der Waals surface area contributed by atoms with Crippen LogP contribution in [-0.2, 0) is 4.79 Å². The van der Waals surface area contributed by atoms with E-state index >= 15 is 0 Å². The lowest BCUT2D eigenvalue weighted by Gasteiger charge is -2.37. The van der Waals surface area contributed by atoms with Gasteiger partial charge in [-0.1, -0.05) is 31.6 Å². The molecule has 0 aliphatic heterocycles. The first-order valence-electron chi connectivity index (χ1n) is 5.43. The molecule has 0 aromatic rings. The van der Waals surface area contributed by atoms with Crippen molar-refractivity contribution >= 4 is 5.97 Å². The van der Waals surface area contributed by atoms with Crippen molar-refractivity contribution in [3.63, 3.8) is 0 Å². The molecule has 2 nitrogen and oxygen atoms in total. The lowest BCUT2D eigenvalue weighted by atomic mass is 9.68. The van der Waals surface area contributed by atoms with E-state index in [0.29, 0.717) is 5.57 Å². The fourth-order valence-electron chi connectivity index (χ4n) is 2.25. The first kappa shape index (κ1) is 12.0. The lowest BCUT2D eigenvalue weighted by molar-refractivity contribution is -0.132. The minimum Gasteiger partial charge on any atom is -0.478 e. The van der Waals surface area contributed by atoms with E-state index in [1.54, 1.807) is 6.92 Å². The molecule has 1 atom stereocenters. The molecule has 15 heavy (non-hydrogen) atoms. The summed E-state index contributed by atoms with van der Waals surface area (Å²) in [5, 5.41) is 8.88. The highest BCUT2D eigenvalue weighted by Gasteiger charge is 2.31. The van der Waals surface area contributed by atoms with Gasteiger partial charge in [0, 0.05) is 11.5 Å². The third-order valence-electron chi connectivity index (χ3n) is 3.34. The van der Waals surface area contributed by atoms with Gasteiger partial charge in [0.25, 0.3) is 0 Å². The van der Waals surface area contributed by atoms with Crippen molar-refractivity contribution in [1.82, 2.24) is 0 Å². The van der Waals surface area contributed by atoms with E-state index in [1.165, 1.54) is 5.57 Å². The molecule has 0 aromatic carbocycles. The fourth-order valence-corrected chi connectivity index (χ4v) is 2.25. The number of aliphatic carboxylic acids is 1. The number of carbonyl (C=O) groups is 1. The third kappa shape index (κ3) is 2.71. The van der Waals surface area contributed by atoms with E-state index in [4.69, 9.17) is 5.11 Å². The second-order valence-electron chi connectivity index (χ2n) is 5.11. The van der Waals surface area contributed by atoms with Crippen LogP contribution in [0.15, 0.2) is 23.3 Å². The zero-order chi connectivity index (χ0) is 11.6. The van der Waals surface area contributed by atoms with Gasteiger partial charge in [0.1, 0.15) is 0 Å². The number of allylic oxidation sites excluding steroid dienone is 3. The second-order valence-corrected chi connectivity index (χ2v) is 5.11. The highest BCUT2D eigenvalue weighted by atomic mass is 16.4. The molecule has 1 N–H and O–H groups in total. The van der Waals surface area contributed by atoms with Gasteiger partial charge < -0.3 is 5.11 Å². The van der Waals surface area contributed by atoms with Gasteiger partial charge >= 0.3 is 5.97 Å². The number of hydrogen-bond acceptors (Lipinski definition) is 1. The zero-order valence-electron chi connectivity index (χ0n) is 10.0. The highest BCUT2D eigenvalue weighted by Crippen LogP contribution is 2.41. The average molecular weight is 208 g/mol. The standard InChI is InChI=1S/C13H20O2/c1-9-6-5-7-13(3,4)11(9)8-10(2)12(14)15/h6,8,11H,5,7H2,1-4H3,(H,14,15)/b10-8+. The minimum atomic E-state index is -0.816. The van der Waals surface area contributed by atoms with Crippen molar-refractivity contribution in [3.05, 3.63) is 23.3 Å². The molecule has 0 saturated carbocycles. The Kier molecular flexibility index (Phi) is 3.38. The summed E-state index contributed by atoms with van der Waals surface area (Å²) in [6, 6.07) is 0.